The average Bonchev–Trinajstić information content (AvgIpc) is 2.29. The van der Waals surface area contributed by atoms with Crippen LogP contribution in [-0.2, 0) is 0 Å². The first-order valence-electron chi connectivity index (χ1n) is 5.39. The summed E-state index contributed by atoms with van der Waals surface area (Å²) in [6.07, 6.45) is 2.60. The van der Waals surface area contributed by atoms with Gasteiger partial charge in [-0.2, -0.15) is 0 Å². The molecule has 0 aromatic heterocycles. The molecule has 17 heavy (non-hydrogen) atoms. The third-order valence-electron chi connectivity index (χ3n) is 2.56. The smallest absolute Gasteiger partial charge is 0.271 e. The van der Waals surface area contributed by atoms with Gasteiger partial charge in [-0.1, -0.05) is 19.8 Å². The highest BCUT2D eigenvalue weighted by atomic mass is 79.9. The minimum Gasteiger partial charge on any atom is -0.506 e. The number of benzene rings is 1. The average molecular weight is 303 g/mol. The number of nitrogens with two attached hydrogens (primary N) is 1. The Kier molecular flexibility index (Phi) is 4.89. The first-order valence-corrected chi connectivity index (χ1v) is 6.19. The first-order chi connectivity index (χ1) is 7.97. The molecule has 0 aliphatic heterocycles. The molecule has 0 saturated carbocycles. The van der Waals surface area contributed by atoms with Crippen LogP contribution in [0.2, 0.25) is 0 Å². The second-order valence-electron chi connectivity index (χ2n) is 3.87. The van der Waals surface area contributed by atoms with Gasteiger partial charge < -0.3 is 10.8 Å². The van der Waals surface area contributed by atoms with Crippen molar-refractivity contribution in [1.82, 2.24) is 0 Å². The van der Waals surface area contributed by atoms with E-state index < -0.39 is 4.92 Å². The number of phenolic OH excluding ortho intramolecular Hbond substituents is 1. The van der Waals surface area contributed by atoms with E-state index in [0.29, 0.717) is 16.5 Å². The minimum atomic E-state index is -0.500. The number of unbranched alkanes of at least 4 members (excludes halogenated alkanes) is 1. The summed E-state index contributed by atoms with van der Waals surface area (Å²) >= 11 is 3.09. The van der Waals surface area contributed by atoms with E-state index in [1.807, 2.05) is 6.92 Å². The predicted octanol–water partition coefficient (Wildman–Crippen LogP) is 3.25. The maximum Gasteiger partial charge on any atom is 0.271 e. The lowest BCUT2D eigenvalue weighted by Crippen LogP contribution is -2.11. The zero-order chi connectivity index (χ0) is 13.0. The molecule has 0 saturated heterocycles. The summed E-state index contributed by atoms with van der Waals surface area (Å²) in [6.45, 7) is 2.04. The fraction of sp³-hybridized carbons (Fsp3) is 0.455. The van der Waals surface area contributed by atoms with Crippen molar-refractivity contribution in [2.45, 2.75) is 32.2 Å². The lowest BCUT2D eigenvalue weighted by atomic mass is 10.0. The van der Waals surface area contributed by atoms with Gasteiger partial charge in [0, 0.05) is 23.7 Å². The topological polar surface area (TPSA) is 89.4 Å². The van der Waals surface area contributed by atoms with Gasteiger partial charge in [-0.15, -0.1) is 0 Å². The summed E-state index contributed by atoms with van der Waals surface area (Å²) in [5, 5.41) is 20.5. The van der Waals surface area contributed by atoms with Crippen LogP contribution in [0, 0.1) is 10.1 Å². The van der Waals surface area contributed by atoms with Gasteiger partial charge in [-0.3, -0.25) is 10.1 Å². The second-order valence-corrected chi connectivity index (χ2v) is 4.73. The van der Waals surface area contributed by atoms with Crippen molar-refractivity contribution >= 4 is 21.6 Å². The summed E-state index contributed by atoms with van der Waals surface area (Å²) in [7, 11) is 0. The molecule has 1 rings (SSSR count). The number of non-ortho nitro benzene ring substituents is 1. The van der Waals surface area contributed by atoms with Crippen LogP contribution in [0.15, 0.2) is 16.6 Å². The molecule has 5 nitrogen and oxygen atoms in total. The van der Waals surface area contributed by atoms with E-state index in [0.717, 1.165) is 12.8 Å². The number of phenols is 1. The molecular formula is C11H15BrN2O3. The van der Waals surface area contributed by atoms with Gasteiger partial charge in [-0.05, 0) is 22.4 Å². The van der Waals surface area contributed by atoms with E-state index in [1.54, 1.807) is 0 Å². The summed E-state index contributed by atoms with van der Waals surface area (Å²) in [5.74, 6) is -0.0146. The number of halogens is 1. The van der Waals surface area contributed by atoms with Crippen LogP contribution in [0.25, 0.3) is 0 Å². The third-order valence-corrected chi connectivity index (χ3v) is 3.16. The fourth-order valence-electron chi connectivity index (χ4n) is 1.57. The Labute approximate surface area is 108 Å². The molecule has 0 aliphatic rings. The van der Waals surface area contributed by atoms with Crippen LogP contribution in [0.3, 0.4) is 0 Å². The van der Waals surface area contributed by atoms with Crippen molar-refractivity contribution in [3.63, 3.8) is 0 Å². The second kappa shape index (κ2) is 5.97. The highest BCUT2D eigenvalue weighted by Gasteiger charge is 2.18. The van der Waals surface area contributed by atoms with Crippen LogP contribution >= 0.6 is 15.9 Å². The van der Waals surface area contributed by atoms with Crippen LogP contribution in [0.5, 0.6) is 5.75 Å². The molecule has 0 radical (unpaired) electrons. The van der Waals surface area contributed by atoms with Gasteiger partial charge in [0.15, 0.2) is 0 Å². The van der Waals surface area contributed by atoms with Crippen LogP contribution in [-0.4, -0.2) is 10.0 Å². The van der Waals surface area contributed by atoms with E-state index in [4.69, 9.17) is 5.73 Å². The van der Waals surface area contributed by atoms with Crippen molar-refractivity contribution in [1.29, 1.82) is 0 Å². The van der Waals surface area contributed by atoms with Gasteiger partial charge in [-0.25, -0.2) is 0 Å². The van der Waals surface area contributed by atoms with Crippen molar-refractivity contribution < 1.29 is 10.0 Å². The van der Waals surface area contributed by atoms with Crippen LogP contribution in [0.1, 0.15) is 37.8 Å². The monoisotopic (exact) mass is 302 g/mol. The molecule has 0 amide bonds. The highest BCUT2D eigenvalue weighted by molar-refractivity contribution is 9.10. The number of hydrogen-bond acceptors (Lipinski definition) is 4. The molecular weight excluding hydrogens is 288 g/mol. The Morgan fingerprint density at radius 2 is 2.24 bits per heavy atom. The molecule has 0 heterocycles. The van der Waals surface area contributed by atoms with Gasteiger partial charge in [0.25, 0.3) is 5.69 Å². The summed E-state index contributed by atoms with van der Waals surface area (Å²) in [5.41, 5.74) is 6.26. The molecule has 0 fully saturated rings. The first kappa shape index (κ1) is 13.9. The number of hydrogen-bond donors (Lipinski definition) is 2. The zero-order valence-corrected chi connectivity index (χ0v) is 11.1. The van der Waals surface area contributed by atoms with Gasteiger partial charge in [0.1, 0.15) is 5.75 Å². The Morgan fingerprint density at radius 1 is 1.59 bits per heavy atom. The van der Waals surface area contributed by atoms with E-state index in [9.17, 15) is 15.2 Å². The van der Waals surface area contributed by atoms with Crippen LogP contribution in [0.4, 0.5) is 5.69 Å². The van der Waals surface area contributed by atoms with E-state index in [1.165, 1.54) is 12.1 Å². The Balaban J connectivity index is 3.08. The minimum absolute atomic E-state index is 0.0146. The van der Waals surface area contributed by atoms with Crippen molar-refractivity contribution in [2.75, 3.05) is 0 Å². The van der Waals surface area contributed by atoms with Crippen molar-refractivity contribution in [3.8, 4) is 5.75 Å². The fourth-order valence-corrected chi connectivity index (χ4v) is 2.04. The van der Waals surface area contributed by atoms with E-state index >= 15 is 0 Å². The molecule has 94 valence electrons. The van der Waals surface area contributed by atoms with Crippen molar-refractivity contribution in [2.24, 2.45) is 5.73 Å². The normalized spacial score (nSPS) is 12.4. The molecule has 0 unspecified atom stereocenters. The quantitative estimate of drug-likeness (QED) is 0.645. The Hall–Kier alpha value is -1.14. The maximum atomic E-state index is 10.7. The number of aromatic hydroxyl groups is 1. The maximum absolute atomic E-state index is 10.7. The number of nitro groups is 1. The van der Waals surface area contributed by atoms with Crippen LogP contribution < -0.4 is 5.73 Å². The number of nitrogens with zero attached hydrogens (tertiary/aromatic N) is 1. The predicted molar refractivity (Wildman–Crippen MR) is 68.9 cm³/mol. The summed E-state index contributed by atoms with van der Waals surface area (Å²) in [6, 6.07) is 2.22. The SMILES string of the molecule is CCCC[C@H](N)c1cc([N+](=O)[O-])cc(Br)c1O. The summed E-state index contributed by atoms with van der Waals surface area (Å²) < 4.78 is 0.300. The molecule has 0 bridgehead atoms. The lowest BCUT2D eigenvalue weighted by Gasteiger charge is -2.13. The molecule has 1 atom stereocenters. The molecule has 3 N–H and O–H groups in total. The molecule has 0 spiro atoms. The highest BCUT2D eigenvalue weighted by Crippen LogP contribution is 2.36. The van der Waals surface area contributed by atoms with E-state index in [2.05, 4.69) is 15.9 Å². The molecule has 1 aromatic rings. The Morgan fingerprint density at radius 3 is 2.76 bits per heavy atom. The number of nitro benzene ring substituents is 1. The molecule has 6 heteroatoms. The zero-order valence-electron chi connectivity index (χ0n) is 9.52. The van der Waals surface area contributed by atoms with Gasteiger partial charge >= 0.3 is 0 Å². The van der Waals surface area contributed by atoms with E-state index in [-0.39, 0.29) is 17.5 Å². The largest absolute Gasteiger partial charge is 0.506 e. The standard InChI is InChI=1S/C11H15BrN2O3/c1-2-3-4-10(13)8-5-7(14(16)17)6-9(12)11(8)15/h5-6,10,15H,2-4,13H2,1H3/t10-/m0/s1. The summed E-state index contributed by atoms with van der Waals surface area (Å²) in [4.78, 5) is 10.2. The third kappa shape index (κ3) is 3.41. The van der Waals surface area contributed by atoms with Crippen molar-refractivity contribution in [3.05, 3.63) is 32.3 Å². The Bertz CT molecular complexity index is 423. The van der Waals surface area contributed by atoms with Gasteiger partial charge in [0.2, 0.25) is 0 Å². The number of rotatable bonds is 5. The van der Waals surface area contributed by atoms with Gasteiger partial charge in [0.05, 0.1) is 9.40 Å². The lowest BCUT2D eigenvalue weighted by molar-refractivity contribution is -0.385. The molecule has 1 aromatic carbocycles. The molecule has 0 aliphatic carbocycles.